The Kier molecular flexibility index (Phi) is 5.29. The Bertz CT molecular complexity index is 1300. The monoisotopic (exact) mass is 356 g/mol. The summed E-state index contributed by atoms with van der Waals surface area (Å²) < 4.78 is 0. The van der Waals surface area contributed by atoms with Gasteiger partial charge in [0.1, 0.15) is 12.1 Å². The molecule has 0 aliphatic carbocycles. The first kappa shape index (κ1) is 18.2. The summed E-state index contributed by atoms with van der Waals surface area (Å²) in [5.74, 6) is 0. The van der Waals surface area contributed by atoms with Crippen LogP contribution in [0.15, 0.2) is 72.8 Å². The predicted molar refractivity (Wildman–Crippen MR) is 107 cm³/mol. The summed E-state index contributed by atoms with van der Waals surface area (Å²) in [5, 5.41) is 39.0. The van der Waals surface area contributed by atoms with Gasteiger partial charge in [0, 0.05) is 16.2 Å². The minimum absolute atomic E-state index is 0.436. The molecule has 0 amide bonds. The van der Waals surface area contributed by atoms with Crippen molar-refractivity contribution in [2.24, 2.45) is 0 Å². The van der Waals surface area contributed by atoms with Gasteiger partial charge in [0.25, 0.3) is 0 Å². The standard InChI is InChI=1S/2C12H6N2/c13-7-9-5-6-10(8-14)12-4-2-1-3-11(9)12;13-7-10-6-5-9-3-1-2-4-11(9)12(10)8-14/h2*1-6H. The summed E-state index contributed by atoms with van der Waals surface area (Å²) >= 11 is 0. The van der Waals surface area contributed by atoms with Crippen LogP contribution in [0.5, 0.6) is 0 Å². The van der Waals surface area contributed by atoms with E-state index in [1.165, 1.54) is 0 Å². The van der Waals surface area contributed by atoms with Crippen molar-refractivity contribution in [1.82, 2.24) is 0 Å². The van der Waals surface area contributed by atoms with Gasteiger partial charge in [-0.2, -0.15) is 21.0 Å². The quantitative estimate of drug-likeness (QED) is 0.434. The summed E-state index contributed by atoms with van der Waals surface area (Å²) in [5.41, 5.74) is 2.12. The maximum atomic E-state index is 8.95. The van der Waals surface area contributed by atoms with Gasteiger partial charge < -0.3 is 0 Å². The molecular formula is C24H12N4. The van der Waals surface area contributed by atoms with E-state index in [2.05, 4.69) is 18.2 Å². The number of hydrogen-bond acceptors (Lipinski definition) is 4. The number of nitriles is 4. The highest BCUT2D eigenvalue weighted by Gasteiger charge is 2.05. The van der Waals surface area contributed by atoms with Crippen LogP contribution in [0.1, 0.15) is 22.3 Å². The van der Waals surface area contributed by atoms with E-state index in [1.54, 1.807) is 18.2 Å². The Morgan fingerprint density at radius 2 is 0.893 bits per heavy atom. The molecule has 128 valence electrons. The van der Waals surface area contributed by atoms with Crippen LogP contribution in [0.3, 0.4) is 0 Å². The third-order valence-electron chi connectivity index (χ3n) is 4.33. The van der Waals surface area contributed by atoms with Gasteiger partial charge in [0.2, 0.25) is 0 Å². The van der Waals surface area contributed by atoms with Gasteiger partial charge in [-0.15, -0.1) is 0 Å². The SMILES string of the molecule is N#Cc1ccc(C#N)c2ccccc12.N#Cc1ccc2ccccc2c1C#N. The van der Waals surface area contributed by atoms with E-state index in [0.29, 0.717) is 22.3 Å². The Balaban J connectivity index is 0.000000161. The van der Waals surface area contributed by atoms with Crippen LogP contribution in [0.2, 0.25) is 0 Å². The molecule has 0 fully saturated rings. The van der Waals surface area contributed by atoms with E-state index in [9.17, 15) is 0 Å². The zero-order chi connectivity index (χ0) is 19.9. The second-order valence-electron chi connectivity index (χ2n) is 5.86. The van der Waals surface area contributed by atoms with E-state index in [1.807, 2.05) is 60.7 Å². The fraction of sp³-hybridized carbons (Fsp3) is 0. The largest absolute Gasteiger partial charge is 0.192 e. The van der Waals surface area contributed by atoms with Gasteiger partial charge in [-0.05, 0) is 23.6 Å². The average molecular weight is 356 g/mol. The molecule has 0 saturated carbocycles. The Labute approximate surface area is 162 Å². The van der Waals surface area contributed by atoms with Gasteiger partial charge in [-0.3, -0.25) is 0 Å². The fourth-order valence-corrected chi connectivity index (χ4v) is 2.98. The van der Waals surface area contributed by atoms with Crippen LogP contribution < -0.4 is 0 Å². The number of nitrogens with zero attached hydrogens (tertiary/aromatic N) is 4. The van der Waals surface area contributed by atoms with E-state index in [0.717, 1.165) is 21.5 Å². The Morgan fingerprint density at radius 1 is 0.429 bits per heavy atom. The molecule has 0 N–H and O–H groups in total. The van der Waals surface area contributed by atoms with Crippen LogP contribution in [0, 0.1) is 45.3 Å². The molecule has 0 radical (unpaired) electrons. The van der Waals surface area contributed by atoms with Gasteiger partial charge in [-0.25, -0.2) is 0 Å². The summed E-state index contributed by atoms with van der Waals surface area (Å²) in [7, 11) is 0. The second kappa shape index (κ2) is 8.16. The Hall–Kier alpha value is -4.64. The number of hydrogen-bond donors (Lipinski definition) is 0. The van der Waals surface area contributed by atoms with Gasteiger partial charge in [0.15, 0.2) is 0 Å². The van der Waals surface area contributed by atoms with Crippen LogP contribution in [0.25, 0.3) is 21.5 Å². The van der Waals surface area contributed by atoms with Gasteiger partial charge in [0.05, 0.1) is 34.4 Å². The first-order valence-electron chi connectivity index (χ1n) is 8.37. The molecule has 0 spiro atoms. The number of fused-ring (bicyclic) bond motifs is 2. The van der Waals surface area contributed by atoms with Crippen molar-refractivity contribution in [2.45, 2.75) is 0 Å². The molecule has 0 aliphatic rings. The molecule has 28 heavy (non-hydrogen) atoms. The van der Waals surface area contributed by atoms with Crippen molar-refractivity contribution in [3.05, 3.63) is 95.1 Å². The summed E-state index contributed by atoms with van der Waals surface area (Å²) in [6.45, 7) is 0. The molecule has 4 aromatic carbocycles. The average Bonchev–Trinajstić information content (AvgIpc) is 2.77. The van der Waals surface area contributed by atoms with E-state index in [4.69, 9.17) is 21.0 Å². The van der Waals surface area contributed by atoms with Crippen LogP contribution in [-0.2, 0) is 0 Å². The molecule has 0 bridgehead atoms. The van der Waals surface area contributed by atoms with Crippen molar-refractivity contribution < 1.29 is 0 Å². The number of rotatable bonds is 0. The van der Waals surface area contributed by atoms with Crippen molar-refractivity contribution in [2.75, 3.05) is 0 Å². The molecule has 0 aromatic heterocycles. The molecule has 4 nitrogen and oxygen atoms in total. The van der Waals surface area contributed by atoms with E-state index < -0.39 is 0 Å². The van der Waals surface area contributed by atoms with Gasteiger partial charge >= 0.3 is 0 Å². The molecule has 4 heteroatoms. The molecule has 0 atom stereocenters. The normalized spacial score (nSPS) is 9.29. The third kappa shape index (κ3) is 3.36. The summed E-state index contributed by atoms with van der Waals surface area (Å²) in [6.07, 6.45) is 0. The maximum Gasteiger partial charge on any atom is 0.101 e. The molecule has 0 unspecified atom stereocenters. The van der Waals surface area contributed by atoms with Crippen molar-refractivity contribution in [3.8, 4) is 24.3 Å². The molecular weight excluding hydrogens is 344 g/mol. The predicted octanol–water partition coefficient (Wildman–Crippen LogP) is 5.17. The van der Waals surface area contributed by atoms with Crippen LogP contribution >= 0.6 is 0 Å². The highest BCUT2D eigenvalue weighted by Crippen LogP contribution is 2.22. The van der Waals surface area contributed by atoms with Crippen molar-refractivity contribution in [3.63, 3.8) is 0 Å². The first-order valence-corrected chi connectivity index (χ1v) is 8.37. The lowest BCUT2D eigenvalue weighted by atomic mass is 10.0. The Morgan fingerprint density at radius 3 is 1.39 bits per heavy atom. The minimum Gasteiger partial charge on any atom is -0.192 e. The van der Waals surface area contributed by atoms with Gasteiger partial charge in [-0.1, -0.05) is 54.6 Å². The molecule has 4 rings (SSSR count). The summed E-state index contributed by atoms with van der Waals surface area (Å²) in [6, 6.07) is 30.2. The summed E-state index contributed by atoms with van der Waals surface area (Å²) in [4.78, 5) is 0. The maximum absolute atomic E-state index is 8.95. The third-order valence-corrected chi connectivity index (χ3v) is 4.33. The molecule has 0 aliphatic heterocycles. The zero-order valence-electron chi connectivity index (χ0n) is 14.7. The first-order chi connectivity index (χ1) is 13.7. The smallest absolute Gasteiger partial charge is 0.101 e. The topological polar surface area (TPSA) is 95.2 Å². The lowest BCUT2D eigenvalue weighted by Gasteiger charge is -2.00. The van der Waals surface area contributed by atoms with E-state index >= 15 is 0 Å². The molecule has 4 aromatic rings. The van der Waals surface area contributed by atoms with Crippen LogP contribution in [0.4, 0.5) is 0 Å². The minimum atomic E-state index is 0.436. The fourth-order valence-electron chi connectivity index (χ4n) is 2.98. The molecule has 0 saturated heterocycles. The number of benzene rings is 4. The second-order valence-corrected chi connectivity index (χ2v) is 5.86. The van der Waals surface area contributed by atoms with E-state index in [-0.39, 0.29) is 0 Å². The lowest BCUT2D eigenvalue weighted by Crippen LogP contribution is -1.85. The van der Waals surface area contributed by atoms with Crippen LogP contribution in [-0.4, -0.2) is 0 Å². The lowest BCUT2D eigenvalue weighted by molar-refractivity contribution is 1.45. The highest BCUT2D eigenvalue weighted by molar-refractivity contribution is 5.92. The zero-order valence-corrected chi connectivity index (χ0v) is 14.7. The highest BCUT2D eigenvalue weighted by atomic mass is 14.3. The van der Waals surface area contributed by atoms with Crippen molar-refractivity contribution in [1.29, 1.82) is 21.0 Å². The van der Waals surface area contributed by atoms with Crippen molar-refractivity contribution >= 4 is 21.5 Å². The molecule has 0 heterocycles.